The van der Waals surface area contributed by atoms with Gasteiger partial charge in [-0.1, -0.05) is 29.0 Å². The van der Waals surface area contributed by atoms with E-state index >= 15 is 0 Å². The van der Waals surface area contributed by atoms with Crippen LogP contribution < -0.4 is 16.0 Å². The Morgan fingerprint density at radius 1 is 0.839 bits per heavy atom. The first-order chi connectivity index (χ1) is 14.6. The van der Waals surface area contributed by atoms with E-state index in [0.717, 1.165) is 33.7 Å². The smallest absolute Gasteiger partial charge is 0.267 e. The van der Waals surface area contributed by atoms with Crippen molar-refractivity contribution in [2.24, 2.45) is 0 Å². The van der Waals surface area contributed by atoms with Gasteiger partial charge in [0.15, 0.2) is 5.13 Å². The molecule has 0 saturated carbocycles. The lowest BCUT2D eigenvalue weighted by Gasteiger charge is -2.12. The van der Waals surface area contributed by atoms with E-state index < -0.39 is 0 Å². The minimum absolute atomic E-state index is 0.183. The molecule has 2 aromatic carbocycles. The SMILES string of the molecule is CC(=O)Nc1ccc(C(=O)Nc2nc(C)c(C(=O)Nc3c(C)cc(C)cc3C)s2)cc1. The van der Waals surface area contributed by atoms with Gasteiger partial charge >= 0.3 is 0 Å². The number of carbonyl (C=O) groups is 3. The van der Waals surface area contributed by atoms with Crippen molar-refractivity contribution in [1.29, 1.82) is 0 Å². The van der Waals surface area contributed by atoms with E-state index in [9.17, 15) is 14.4 Å². The first kappa shape index (κ1) is 22.2. The number of nitrogens with zero attached hydrogens (tertiary/aromatic N) is 1. The lowest BCUT2D eigenvalue weighted by molar-refractivity contribution is -0.114. The zero-order valence-corrected chi connectivity index (χ0v) is 18.9. The van der Waals surface area contributed by atoms with Crippen molar-refractivity contribution in [3.63, 3.8) is 0 Å². The Bertz CT molecular complexity index is 1140. The van der Waals surface area contributed by atoms with Gasteiger partial charge in [0.05, 0.1) is 5.69 Å². The van der Waals surface area contributed by atoms with Crippen LogP contribution in [0.5, 0.6) is 0 Å². The van der Waals surface area contributed by atoms with Crippen LogP contribution in [0.3, 0.4) is 0 Å². The molecule has 0 saturated heterocycles. The van der Waals surface area contributed by atoms with E-state index in [2.05, 4.69) is 20.9 Å². The molecule has 160 valence electrons. The Balaban J connectivity index is 1.72. The average molecular weight is 437 g/mol. The Morgan fingerprint density at radius 3 is 2.03 bits per heavy atom. The van der Waals surface area contributed by atoms with Crippen LogP contribution in [-0.2, 0) is 4.79 Å². The average Bonchev–Trinajstić information content (AvgIpc) is 3.04. The van der Waals surface area contributed by atoms with Gasteiger partial charge in [0.2, 0.25) is 5.91 Å². The molecule has 31 heavy (non-hydrogen) atoms. The second-order valence-electron chi connectivity index (χ2n) is 7.37. The van der Waals surface area contributed by atoms with Crippen molar-refractivity contribution >= 4 is 45.6 Å². The van der Waals surface area contributed by atoms with Crippen molar-refractivity contribution in [2.75, 3.05) is 16.0 Å². The van der Waals surface area contributed by atoms with Crippen molar-refractivity contribution < 1.29 is 14.4 Å². The summed E-state index contributed by atoms with van der Waals surface area (Å²) in [5.41, 5.74) is 5.47. The van der Waals surface area contributed by atoms with E-state index in [0.29, 0.717) is 27.0 Å². The van der Waals surface area contributed by atoms with Crippen molar-refractivity contribution in [1.82, 2.24) is 4.98 Å². The topological polar surface area (TPSA) is 100 Å². The number of carbonyl (C=O) groups excluding carboxylic acids is 3. The molecule has 0 fully saturated rings. The maximum atomic E-state index is 12.8. The van der Waals surface area contributed by atoms with Crippen LogP contribution in [0.1, 0.15) is 49.3 Å². The second kappa shape index (κ2) is 9.09. The van der Waals surface area contributed by atoms with Crippen LogP contribution in [0, 0.1) is 27.7 Å². The lowest BCUT2D eigenvalue weighted by atomic mass is 10.1. The number of hydrogen-bond donors (Lipinski definition) is 3. The Morgan fingerprint density at radius 2 is 1.45 bits per heavy atom. The molecule has 0 atom stereocenters. The van der Waals surface area contributed by atoms with Crippen molar-refractivity contribution in [3.8, 4) is 0 Å². The van der Waals surface area contributed by atoms with Gasteiger partial charge < -0.3 is 10.6 Å². The molecule has 7 nitrogen and oxygen atoms in total. The number of amides is 3. The molecular formula is C23H24N4O3S. The fraction of sp³-hybridized carbons (Fsp3) is 0.217. The number of benzene rings is 2. The number of thiazole rings is 1. The van der Waals surface area contributed by atoms with Crippen LogP contribution in [0.25, 0.3) is 0 Å². The standard InChI is InChI=1S/C23H24N4O3S/c1-12-10-13(2)19(14(3)11-12)26-22(30)20-15(4)24-23(31-20)27-21(29)17-6-8-18(9-7-17)25-16(5)28/h6-11H,1-5H3,(H,25,28)(H,26,30)(H,24,27,29). The predicted molar refractivity (Wildman–Crippen MR) is 124 cm³/mol. The molecule has 3 rings (SSSR count). The molecule has 3 N–H and O–H groups in total. The molecule has 1 heterocycles. The van der Waals surface area contributed by atoms with Gasteiger partial charge in [-0.15, -0.1) is 0 Å². The summed E-state index contributed by atoms with van der Waals surface area (Å²) in [5, 5.41) is 8.69. The first-order valence-electron chi connectivity index (χ1n) is 9.69. The van der Waals surface area contributed by atoms with Crippen molar-refractivity contribution in [3.05, 3.63) is 69.2 Å². The summed E-state index contributed by atoms with van der Waals surface area (Å²) in [6.07, 6.45) is 0. The highest BCUT2D eigenvalue weighted by Crippen LogP contribution is 2.27. The summed E-state index contributed by atoms with van der Waals surface area (Å²) in [6.45, 7) is 9.08. The van der Waals surface area contributed by atoms with Gasteiger partial charge in [-0.2, -0.15) is 0 Å². The molecule has 0 aliphatic carbocycles. The van der Waals surface area contributed by atoms with Crippen LogP contribution >= 0.6 is 11.3 Å². The van der Waals surface area contributed by atoms with Gasteiger partial charge in [-0.05, 0) is 63.1 Å². The summed E-state index contributed by atoms with van der Waals surface area (Å²) in [7, 11) is 0. The van der Waals surface area contributed by atoms with Gasteiger partial charge in [0, 0.05) is 23.9 Å². The molecule has 3 amide bonds. The molecule has 0 bridgehead atoms. The van der Waals surface area contributed by atoms with E-state index in [1.54, 1.807) is 31.2 Å². The summed E-state index contributed by atoms with van der Waals surface area (Å²) in [5.74, 6) is -0.789. The minimum atomic E-state index is -0.347. The Kier molecular flexibility index (Phi) is 6.50. The molecule has 8 heteroatoms. The Labute approximate surface area is 184 Å². The molecule has 0 radical (unpaired) electrons. The maximum Gasteiger partial charge on any atom is 0.267 e. The number of rotatable bonds is 5. The largest absolute Gasteiger partial charge is 0.326 e. The monoisotopic (exact) mass is 436 g/mol. The number of aromatic nitrogens is 1. The third-order valence-corrected chi connectivity index (χ3v) is 5.68. The lowest BCUT2D eigenvalue weighted by Crippen LogP contribution is -2.13. The fourth-order valence-corrected chi connectivity index (χ4v) is 4.14. The van der Waals surface area contributed by atoms with E-state index in [1.165, 1.54) is 6.92 Å². The van der Waals surface area contributed by atoms with Crippen LogP contribution in [0.2, 0.25) is 0 Å². The molecule has 1 aromatic heterocycles. The van der Waals surface area contributed by atoms with E-state index in [1.807, 2.05) is 32.9 Å². The van der Waals surface area contributed by atoms with Crippen molar-refractivity contribution in [2.45, 2.75) is 34.6 Å². The van der Waals surface area contributed by atoms with Gasteiger partial charge in [-0.25, -0.2) is 4.98 Å². The number of anilines is 3. The highest BCUT2D eigenvalue weighted by atomic mass is 32.1. The fourth-order valence-electron chi connectivity index (χ4n) is 3.29. The molecule has 3 aromatic rings. The summed E-state index contributed by atoms with van der Waals surface area (Å²) < 4.78 is 0. The van der Waals surface area contributed by atoms with Gasteiger partial charge in [0.25, 0.3) is 11.8 Å². The zero-order chi connectivity index (χ0) is 22.7. The number of hydrogen-bond acceptors (Lipinski definition) is 5. The second-order valence-corrected chi connectivity index (χ2v) is 8.37. The molecule has 0 unspecified atom stereocenters. The van der Waals surface area contributed by atoms with E-state index in [4.69, 9.17) is 0 Å². The van der Waals surface area contributed by atoms with Gasteiger partial charge in [-0.3, -0.25) is 19.7 Å². The normalized spacial score (nSPS) is 10.5. The molecular weight excluding hydrogens is 412 g/mol. The summed E-state index contributed by atoms with van der Waals surface area (Å²) >= 11 is 1.12. The Hall–Kier alpha value is -3.52. The van der Waals surface area contributed by atoms with Crippen LogP contribution in [0.4, 0.5) is 16.5 Å². The summed E-state index contributed by atoms with van der Waals surface area (Å²) in [6, 6.07) is 10.5. The van der Waals surface area contributed by atoms with Crippen LogP contribution in [0.15, 0.2) is 36.4 Å². The molecule has 0 aliphatic rings. The first-order valence-corrected chi connectivity index (χ1v) is 10.5. The minimum Gasteiger partial charge on any atom is -0.326 e. The summed E-state index contributed by atoms with van der Waals surface area (Å²) in [4.78, 5) is 41.2. The number of nitrogens with one attached hydrogen (secondary N) is 3. The molecule has 0 spiro atoms. The molecule has 0 aliphatic heterocycles. The quantitative estimate of drug-likeness (QED) is 0.533. The zero-order valence-electron chi connectivity index (χ0n) is 18.0. The maximum absolute atomic E-state index is 12.8. The number of aryl methyl sites for hydroxylation is 4. The highest BCUT2D eigenvalue weighted by molar-refractivity contribution is 7.17. The van der Waals surface area contributed by atoms with E-state index in [-0.39, 0.29) is 17.7 Å². The third kappa shape index (κ3) is 5.35. The van der Waals surface area contributed by atoms with Crippen LogP contribution in [-0.4, -0.2) is 22.7 Å². The highest BCUT2D eigenvalue weighted by Gasteiger charge is 2.19. The van der Waals surface area contributed by atoms with Gasteiger partial charge in [0.1, 0.15) is 4.88 Å². The third-order valence-electron chi connectivity index (χ3n) is 4.61. The predicted octanol–water partition coefficient (Wildman–Crippen LogP) is 4.84.